The predicted molar refractivity (Wildman–Crippen MR) is 68.1 cm³/mol. The van der Waals surface area contributed by atoms with Crippen LogP contribution in [0.3, 0.4) is 0 Å². The topological polar surface area (TPSA) is 68.0 Å². The average molecular weight is 237 g/mol. The average Bonchev–Trinajstić information content (AvgIpc) is 2.26. The van der Waals surface area contributed by atoms with Gasteiger partial charge in [0, 0.05) is 18.1 Å². The normalized spacial score (nSPS) is 11.8. The van der Waals surface area contributed by atoms with E-state index in [2.05, 4.69) is 10.3 Å². The SMILES string of the molecule is CCCC(C(=O)Nc1ccncc1)C(N)=S. The lowest BCUT2D eigenvalue weighted by molar-refractivity contribution is -0.118. The van der Waals surface area contributed by atoms with Gasteiger partial charge in [-0.25, -0.2) is 0 Å². The maximum atomic E-state index is 11.8. The zero-order chi connectivity index (χ0) is 12.0. The van der Waals surface area contributed by atoms with Crippen LogP contribution in [-0.4, -0.2) is 15.9 Å². The number of nitrogens with two attached hydrogens (primary N) is 1. The molecule has 1 aromatic rings. The minimum Gasteiger partial charge on any atom is -0.393 e. The lowest BCUT2D eigenvalue weighted by atomic mass is 10.0. The number of hydrogen-bond acceptors (Lipinski definition) is 3. The molecule has 0 saturated carbocycles. The summed E-state index contributed by atoms with van der Waals surface area (Å²) in [6, 6.07) is 3.45. The van der Waals surface area contributed by atoms with E-state index in [4.69, 9.17) is 18.0 Å². The van der Waals surface area contributed by atoms with E-state index in [1.165, 1.54) is 0 Å². The van der Waals surface area contributed by atoms with E-state index in [-0.39, 0.29) is 10.9 Å². The van der Waals surface area contributed by atoms with Gasteiger partial charge >= 0.3 is 0 Å². The minimum atomic E-state index is -0.395. The second-order valence-electron chi connectivity index (χ2n) is 3.47. The van der Waals surface area contributed by atoms with Gasteiger partial charge in [0.1, 0.15) is 0 Å². The fourth-order valence-corrected chi connectivity index (χ4v) is 1.58. The van der Waals surface area contributed by atoms with Crippen LogP contribution in [0.2, 0.25) is 0 Å². The standard InChI is InChI=1S/C11H15N3OS/c1-2-3-9(10(12)16)11(15)14-8-4-6-13-7-5-8/h4-7,9H,2-3H2,1H3,(H2,12,16)(H,13,14,15). The Morgan fingerprint density at radius 1 is 1.56 bits per heavy atom. The second kappa shape index (κ2) is 6.17. The van der Waals surface area contributed by atoms with Gasteiger partial charge in [0.2, 0.25) is 5.91 Å². The van der Waals surface area contributed by atoms with Gasteiger partial charge in [0.15, 0.2) is 0 Å². The minimum absolute atomic E-state index is 0.152. The highest BCUT2D eigenvalue weighted by Gasteiger charge is 2.20. The summed E-state index contributed by atoms with van der Waals surface area (Å²) >= 11 is 4.88. The maximum absolute atomic E-state index is 11.8. The molecule has 0 saturated heterocycles. The monoisotopic (exact) mass is 237 g/mol. The van der Waals surface area contributed by atoms with E-state index in [0.717, 1.165) is 6.42 Å². The molecule has 0 aromatic carbocycles. The first kappa shape index (κ1) is 12.6. The number of carbonyl (C=O) groups is 1. The maximum Gasteiger partial charge on any atom is 0.234 e. The van der Waals surface area contributed by atoms with E-state index in [1.54, 1.807) is 24.5 Å². The Hall–Kier alpha value is -1.49. The number of thiocarbonyl (C=S) groups is 1. The molecule has 0 bridgehead atoms. The van der Waals surface area contributed by atoms with Gasteiger partial charge in [-0.15, -0.1) is 0 Å². The van der Waals surface area contributed by atoms with Crippen LogP contribution in [0.5, 0.6) is 0 Å². The van der Waals surface area contributed by atoms with Crippen molar-refractivity contribution in [3.8, 4) is 0 Å². The molecule has 3 N–H and O–H groups in total. The van der Waals surface area contributed by atoms with Crippen molar-refractivity contribution in [2.24, 2.45) is 11.7 Å². The summed E-state index contributed by atoms with van der Waals surface area (Å²) in [5.41, 5.74) is 6.24. The van der Waals surface area contributed by atoms with E-state index < -0.39 is 5.92 Å². The van der Waals surface area contributed by atoms with Gasteiger partial charge in [0.25, 0.3) is 0 Å². The summed E-state index contributed by atoms with van der Waals surface area (Å²) in [7, 11) is 0. The first-order valence-electron chi connectivity index (χ1n) is 5.15. The first-order valence-corrected chi connectivity index (χ1v) is 5.56. The number of pyridine rings is 1. The Bertz CT molecular complexity index is 367. The van der Waals surface area contributed by atoms with Crippen LogP contribution in [0.15, 0.2) is 24.5 Å². The molecule has 86 valence electrons. The number of nitrogens with zero attached hydrogens (tertiary/aromatic N) is 1. The number of nitrogens with one attached hydrogen (secondary N) is 1. The molecule has 1 heterocycles. The van der Waals surface area contributed by atoms with Crippen molar-refractivity contribution in [2.75, 3.05) is 5.32 Å². The predicted octanol–water partition coefficient (Wildman–Crippen LogP) is 1.72. The van der Waals surface area contributed by atoms with Crippen LogP contribution in [0.1, 0.15) is 19.8 Å². The van der Waals surface area contributed by atoms with Crippen LogP contribution < -0.4 is 11.1 Å². The van der Waals surface area contributed by atoms with Crippen LogP contribution in [0, 0.1) is 5.92 Å². The number of rotatable bonds is 5. The Morgan fingerprint density at radius 3 is 2.69 bits per heavy atom. The van der Waals surface area contributed by atoms with Gasteiger partial charge in [-0.2, -0.15) is 0 Å². The lowest BCUT2D eigenvalue weighted by Crippen LogP contribution is -2.33. The van der Waals surface area contributed by atoms with Crippen molar-refractivity contribution < 1.29 is 4.79 Å². The second-order valence-corrected chi connectivity index (χ2v) is 3.94. The molecule has 0 aliphatic heterocycles. The molecule has 1 unspecified atom stereocenters. The first-order chi connectivity index (χ1) is 7.65. The number of aromatic nitrogens is 1. The van der Waals surface area contributed by atoms with E-state index in [9.17, 15) is 4.79 Å². The molecule has 1 amide bonds. The van der Waals surface area contributed by atoms with Gasteiger partial charge in [-0.05, 0) is 18.6 Å². The molecule has 0 fully saturated rings. The summed E-state index contributed by atoms with van der Waals surface area (Å²) in [5.74, 6) is -0.547. The number of hydrogen-bond donors (Lipinski definition) is 2. The number of anilines is 1. The third-order valence-electron chi connectivity index (χ3n) is 2.19. The molecule has 0 radical (unpaired) electrons. The highest BCUT2D eigenvalue weighted by Crippen LogP contribution is 2.11. The van der Waals surface area contributed by atoms with Crippen molar-refractivity contribution in [1.29, 1.82) is 0 Å². The molecule has 0 aliphatic rings. The van der Waals surface area contributed by atoms with Crippen LogP contribution in [-0.2, 0) is 4.79 Å². The molecule has 1 aromatic heterocycles. The van der Waals surface area contributed by atoms with Gasteiger partial charge in [-0.3, -0.25) is 9.78 Å². The summed E-state index contributed by atoms with van der Waals surface area (Å²) in [6.07, 6.45) is 4.77. The zero-order valence-electron chi connectivity index (χ0n) is 9.14. The Labute approximate surface area is 100 Å². The van der Waals surface area contributed by atoms with Crippen molar-refractivity contribution in [2.45, 2.75) is 19.8 Å². The van der Waals surface area contributed by atoms with Crippen LogP contribution in [0.25, 0.3) is 0 Å². The molecule has 4 nitrogen and oxygen atoms in total. The summed E-state index contributed by atoms with van der Waals surface area (Å²) in [4.78, 5) is 16.0. The molecule has 0 aliphatic carbocycles. The third-order valence-corrected chi connectivity index (χ3v) is 2.47. The van der Waals surface area contributed by atoms with Crippen LogP contribution in [0.4, 0.5) is 5.69 Å². The number of carbonyl (C=O) groups excluding carboxylic acids is 1. The van der Waals surface area contributed by atoms with Crippen molar-refractivity contribution in [3.63, 3.8) is 0 Å². The van der Waals surface area contributed by atoms with E-state index in [0.29, 0.717) is 12.1 Å². The van der Waals surface area contributed by atoms with Gasteiger partial charge < -0.3 is 11.1 Å². The lowest BCUT2D eigenvalue weighted by Gasteiger charge is -2.14. The fourth-order valence-electron chi connectivity index (χ4n) is 1.36. The van der Waals surface area contributed by atoms with Crippen molar-refractivity contribution in [3.05, 3.63) is 24.5 Å². The Balaban J connectivity index is 2.66. The number of amides is 1. The van der Waals surface area contributed by atoms with Gasteiger partial charge in [0.05, 0.1) is 10.9 Å². The highest BCUT2D eigenvalue weighted by molar-refractivity contribution is 7.80. The van der Waals surface area contributed by atoms with E-state index in [1.807, 2.05) is 6.92 Å². The summed E-state index contributed by atoms with van der Waals surface area (Å²) in [6.45, 7) is 1.99. The molecular weight excluding hydrogens is 222 g/mol. The molecule has 0 spiro atoms. The van der Waals surface area contributed by atoms with E-state index >= 15 is 0 Å². The smallest absolute Gasteiger partial charge is 0.234 e. The van der Waals surface area contributed by atoms with Crippen molar-refractivity contribution >= 4 is 28.8 Å². The molecule has 1 rings (SSSR count). The van der Waals surface area contributed by atoms with Gasteiger partial charge in [-0.1, -0.05) is 25.6 Å². The van der Waals surface area contributed by atoms with Crippen molar-refractivity contribution in [1.82, 2.24) is 4.98 Å². The fraction of sp³-hybridized carbons (Fsp3) is 0.364. The zero-order valence-corrected chi connectivity index (χ0v) is 9.96. The summed E-state index contributed by atoms with van der Waals surface area (Å²) < 4.78 is 0. The van der Waals surface area contributed by atoms with Crippen LogP contribution >= 0.6 is 12.2 Å². The third kappa shape index (κ3) is 3.58. The molecule has 5 heteroatoms. The molecule has 1 atom stereocenters. The Kier molecular flexibility index (Phi) is 4.85. The summed E-state index contributed by atoms with van der Waals surface area (Å²) in [5, 5.41) is 2.76. The largest absolute Gasteiger partial charge is 0.393 e. The quantitative estimate of drug-likeness (QED) is 0.765. The highest BCUT2D eigenvalue weighted by atomic mass is 32.1. The molecule has 16 heavy (non-hydrogen) atoms. The Morgan fingerprint density at radius 2 is 2.19 bits per heavy atom. The molecular formula is C11H15N3OS.